The SMILES string of the molecule is CCCNC(=O)c1csc(CN(CCC)C(=O)C(C)Cl)n1. The molecule has 1 aromatic rings. The first-order chi connectivity index (χ1) is 9.99. The molecule has 7 heteroatoms. The van der Waals surface area contributed by atoms with Crippen molar-refractivity contribution >= 4 is 34.8 Å². The quantitative estimate of drug-likeness (QED) is 0.745. The van der Waals surface area contributed by atoms with Crippen molar-refractivity contribution in [1.29, 1.82) is 0 Å². The molecule has 0 saturated heterocycles. The van der Waals surface area contributed by atoms with Gasteiger partial charge in [0.05, 0.1) is 6.54 Å². The summed E-state index contributed by atoms with van der Waals surface area (Å²) in [4.78, 5) is 29.8. The number of alkyl halides is 1. The third-order valence-electron chi connectivity index (χ3n) is 2.79. The topological polar surface area (TPSA) is 62.3 Å². The van der Waals surface area contributed by atoms with Crippen LogP contribution in [-0.4, -0.2) is 40.2 Å². The molecule has 0 fully saturated rings. The number of thiazole rings is 1. The van der Waals surface area contributed by atoms with Crippen molar-refractivity contribution in [3.8, 4) is 0 Å². The van der Waals surface area contributed by atoms with E-state index in [1.165, 1.54) is 11.3 Å². The Labute approximate surface area is 134 Å². The molecule has 21 heavy (non-hydrogen) atoms. The van der Waals surface area contributed by atoms with Crippen molar-refractivity contribution in [3.63, 3.8) is 0 Å². The van der Waals surface area contributed by atoms with Crippen LogP contribution in [0, 0.1) is 0 Å². The second-order valence-electron chi connectivity index (χ2n) is 4.76. The zero-order chi connectivity index (χ0) is 15.8. The van der Waals surface area contributed by atoms with Crippen molar-refractivity contribution in [2.45, 2.75) is 45.5 Å². The fraction of sp³-hybridized carbons (Fsp3) is 0.643. The average Bonchev–Trinajstić information content (AvgIpc) is 2.92. The second kappa shape index (κ2) is 9.00. The molecule has 0 aliphatic heterocycles. The zero-order valence-electron chi connectivity index (χ0n) is 12.7. The van der Waals surface area contributed by atoms with Gasteiger partial charge in [-0.3, -0.25) is 9.59 Å². The summed E-state index contributed by atoms with van der Waals surface area (Å²) < 4.78 is 0. The number of nitrogens with one attached hydrogen (secondary N) is 1. The molecule has 1 aromatic heterocycles. The minimum Gasteiger partial charge on any atom is -0.351 e. The van der Waals surface area contributed by atoms with Crippen LogP contribution < -0.4 is 5.32 Å². The van der Waals surface area contributed by atoms with E-state index in [2.05, 4.69) is 10.3 Å². The fourth-order valence-electron chi connectivity index (χ4n) is 1.77. The fourth-order valence-corrected chi connectivity index (χ4v) is 2.70. The first-order valence-electron chi connectivity index (χ1n) is 7.15. The molecule has 0 spiro atoms. The highest BCUT2D eigenvalue weighted by Gasteiger charge is 2.20. The lowest BCUT2D eigenvalue weighted by atomic mass is 10.3. The molecule has 0 aromatic carbocycles. The summed E-state index contributed by atoms with van der Waals surface area (Å²) in [6.45, 7) is 7.33. The van der Waals surface area contributed by atoms with E-state index in [9.17, 15) is 9.59 Å². The third-order valence-corrected chi connectivity index (χ3v) is 3.81. The van der Waals surface area contributed by atoms with E-state index in [0.29, 0.717) is 25.3 Å². The number of rotatable bonds is 8. The largest absolute Gasteiger partial charge is 0.351 e. The van der Waals surface area contributed by atoms with Crippen LogP contribution in [0.3, 0.4) is 0 Å². The number of nitrogens with zero attached hydrogens (tertiary/aromatic N) is 2. The van der Waals surface area contributed by atoms with Crippen LogP contribution in [-0.2, 0) is 11.3 Å². The van der Waals surface area contributed by atoms with Crippen LogP contribution in [0.25, 0.3) is 0 Å². The van der Waals surface area contributed by atoms with Crippen LogP contribution in [0.4, 0.5) is 0 Å². The van der Waals surface area contributed by atoms with Crippen LogP contribution in [0.15, 0.2) is 5.38 Å². The van der Waals surface area contributed by atoms with Crippen LogP contribution in [0.5, 0.6) is 0 Å². The number of halogens is 1. The molecule has 0 aliphatic carbocycles. The second-order valence-corrected chi connectivity index (χ2v) is 6.36. The molecule has 1 atom stereocenters. The number of carbonyl (C=O) groups is 2. The maximum absolute atomic E-state index is 12.0. The molecule has 1 rings (SSSR count). The van der Waals surface area contributed by atoms with E-state index < -0.39 is 5.38 Å². The van der Waals surface area contributed by atoms with Gasteiger partial charge in [-0.15, -0.1) is 22.9 Å². The standard InChI is InChI=1S/C14H22ClN3O2S/c1-4-6-16-13(19)11-9-21-12(17-11)8-18(7-5-2)14(20)10(3)15/h9-10H,4-8H2,1-3H3,(H,16,19). The van der Waals surface area contributed by atoms with E-state index in [1.807, 2.05) is 13.8 Å². The van der Waals surface area contributed by atoms with Gasteiger partial charge in [-0.1, -0.05) is 13.8 Å². The molecule has 1 N–H and O–H groups in total. The first kappa shape index (κ1) is 17.9. The molecule has 0 aliphatic rings. The Morgan fingerprint density at radius 1 is 1.43 bits per heavy atom. The van der Waals surface area contributed by atoms with Crippen molar-refractivity contribution in [3.05, 3.63) is 16.1 Å². The zero-order valence-corrected chi connectivity index (χ0v) is 14.3. The summed E-state index contributed by atoms with van der Waals surface area (Å²) in [5, 5.41) is 4.70. The highest BCUT2D eigenvalue weighted by Crippen LogP contribution is 2.14. The summed E-state index contributed by atoms with van der Waals surface area (Å²) in [6, 6.07) is 0. The first-order valence-corrected chi connectivity index (χ1v) is 8.46. The monoisotopic (exact) mass is 331 g/mol. The molecular formula is C14H22ClN3O2S. The van der Waals surface area contributed by atoms with Crippen molar-refractivity contribution in [2.75, 3.05) is 13.1 Å². The third kappa shape index (κ3) is 5.63. The molecular weight excluding hydrogens is 310 g/mol. The Bertz CT molecular complexity index is 477. The predicted octanol–water partition coefficient (Wildman–Crippen LogP) is 2.65. The van der Waals surface area contributed by atoms with Crippen LogP contribution in [0.1, 0.15) is 49.1 Å². The van der Waals surface area contributed by atoms with Crippen molar-refractivity contribution < 1.29 is 9.59 Å². The van der Waals surface area contributed by atoms with Gasteiger partial charge in [0.1, 0.15) is 16.1 Å². The van der Waals surface area contributed by atoms with Gasteiger partial charge in [0.15, 0.2) is 0 Å². The van der Waals surface area contributed by atoms with Gasteiger partial charge < -0.3 is 10.2 Å². The molecule has 118 valence electrons. The van der Waals surface area contributed by atoms with E-state index >= 15 is 0 Å². The van der Waals surface area contributed by atoms with Crippen molar-refractivity contribution in [1.82, 2.24) is 15.2 Å². The van der Waals surface area contributed by atoms with Gasteiger partial charge in [0.2, 0.25) is 5.91 Å². The lowest BCUT2D eigenvalue weighted by molar-refractivity contribution is -0.131. The number of hydrogen-bond donors (Lipinski definition) is 1. The summed E-state index contributed by atoms with van der Waals surface area (Å²) in [5.74, 6) is -0.274. The van der Waals surface area contributed by atoms with Gasteiger partial charge in [0.25, 0.3) is 5.91 Å². The van der Waals surface area contributed by atoms with Crippen LogP contribution >= 0.6 is 22.9 Å². The van der Waals surface area contributed by atoms with Gasteiger partial charge in [-0.2, -0.15) is 0 Å². The Balaban J connectivity index is 2.70. The molecule has 2 amide bonds. The lowest BCUT2D eigenvalue weighted by Crippen LogP contribution is -2.35. The minimum atomic E-state index is -0.552. The lowest BCUT2D eigenvalue weighted by Gasteiger charge is -2.22. The normalized spacial score (nSPS) is 12.0. The highest BCUT2D eigenvalue weighted by molar-refractivity contribution is 7.09. The average molecular weight is 332 g/mol. The minimum absolute atomic E-state index is 0.106. The molecule has 1 heterocycles. The van der Waals surface area contributed by atoms with E-state index in [-0.39, 0.29) is 11.8 Å². The number of aromatic nitrogens is 1. The van der Waals surface area contributed by atoms with E-state index in [0.717, 1.165) is 17.8 Å². The number of hydrogen-bond acceptors (Lipinski definition) is 4. The summed E-state index contributed by atoms with van der Waals surface area (Å²) >= 11 is 7.25. The predicted molar refractivity (Wildman–Crippen MR) is 85.8 cm³/mol. The molecule has 5 nitrogen and oxygen atoms in total. The van der Waals surface area contributed by atoms with Gasteiger partial charge in [0, 0.05) is 18.5 Å². The number of amides is 2. The molecule has 1 unspecified atom stereocenters. The van der Waals surface area contributed by atoms with Gasteiger partial charge in [-0.05, 0) is 19.8 Å². The maximum Gasteiger partial charge on any atom is 0.270 e. The Kier molecular flexibility index (Phi) is 7.67. The van der Waals surface area contributed by atoms with Gasteiger partial charge >= 0.3 is 0 Å². The Morgan fingerprint density at radius 3 is 2.71 bits per heavy atom. The summed E-state index contributed by atoms with van der Waals surface area (Å²) in [5.41, 5.74) is 0.409. The Hall–Kier alpha value is -1.14. The maximum atomic E-state index is 12.0. The smallest absolute Gasteiger partial charge is 0.270 e. The Morgan fingerprint density at radius 2 is 2.14 bits per heavy atom. The summed E-state index contributed by atoms with van der Waals surface area (Å²) in [6.07, 6.45) is 1.74. The number of carbonyl (C=O) groups excluding carboxylic acids is 2. The van der Waals surface area contributed by atoms with E-state index in [1.54, 1.807) is 17.2 Å². The van der Waals surface area contributed by atoms with Gasteiger partial charge in [-0.25, -0.2) is 4.98 Å². The molecule has 0 radical (unpaired) electrons. The van der Waals surface area contributed by atoms with Crippen molar-refractivity contribution in [2.24, 2.45) is 0 Å². The molecule has 0 saturated carbocycles. The van der Waals surface area contributed by atoms with E-state index in [4.69, 9.17) is 11.6 Å². The summed E-state index contributed by atoms with van der Waals surface area (Å²) in [7, 11) is 0. The van der Waals surface area contributed by atoms with Crippen LogP contribution in [0.2, 0.25) is 0 Å². The molecule has 0 bridgehead atoms. The highest BCUT2D eigenvalue weighted by atomic mass is 35.5.